The Morgan fingerprint density at radius 3 is 2.39 bits per heavy atom. The highest BCUT2D eigenvalue weighted by molar-refractivity contribution is 5.99. The fourth-order valence-electron chi connectivity index (χ4n) is 1.87. The van der Waals surface area contributed by atoms with E-state index in [2.05, 4.69) is 5.32 Å². The van der Waals surface area contributed by atoms with Crippen LogP contribution in [-0.2, 0) is 11.0 Å². The van der Waals surface area contributed by atoms with Crippen LogP contribution in [0, 0.1) is 0 Å². The number of carbonyl (C=O) groups excluding carboxylic acids is 1. The molecule has 0 saturated heterocycles. The fourth-order valence-corrected chi connectivity index (χ4v) is 1.87. The maximum Gasteiger partial charge on any atom is 0.418 e. The van der Waals surface area contributed by atoms with E-state index in [1.54, 1.807) is 0 Å². The molecule has 18 heavy (non-hydrogen) atoms. The summed E-state index contributed by atoms with van der Waals surface area (Å²) in [4.78, 5) is 11.8. The molecule has 0 bridgehead atoms. The topological polar surface area (TPSA) is 55.1 Å². The van der Waals surface area contributed by atoms with Crippen LogP contribution in [0.25, 0.3) is 0 Å². The Bertz CT molecular complexity index is 467. The molecule has 0 unspecified atom stereocenters. The number of nitrogens with two attached hydrogens (primary N) is 1. The van der Waals surface area contributed by atoms with Gasteiger partial charge in [-0.05, 0) is 31.4 Å². The highest BCUT2D eigenvalue weighted by atomic mass is 19.4. The SMILES string of the molecule is NC1(C(=O)Nc2ccccc2C(F)(F)F)CCC1. The summed E-state index contributed by atoms with van der Waals surface area (Å²) < 4.78 is 38.1. The molecule has 2 rings (SSSR count). The molecule has 1 amide bonds. The molecule has 0 radical (unpaired) electrons. The molecule has 0 spiro atoms. The molecule has 1 aromatic rings. The molecule has 1 aliphatic carbocycles. The van der Waals surface area contributed by atoms with Gasteiger partial charge in [0.1, 0.15) is 0 Å². The molecule has 0 atom stereocenters. The minimum atomic E-state index is -4.49. The van der Waals surface area contributed by atoms with Crippen LogP contribution < -0.4 is 11.1 Å². The first-order valence-corrected chi connectivity index (χ1v) is 5.59. The van der Waals surface area contributed by atoms with E-state index in [0.717, 1.165) is 12.5 Å². The number of rotatable bonds is 2. The lowest BCUT2D eigenvalue weighted by atomic mass is 9.77. The number of hydrogen-bond donors (Lipinski definition) is 2. The van der Waals surface area contributed by atoms with Crippen molar-refractivity contribution in [2.75, 3.05) is 5.32 Å². The molecule has 1 saturated carbocycles. The molecule has 0 aromatic heterocycles. The number of hydrogen-bond acceptors (Lipinski definition) is 2. The van der Waals surface area contributed by atoms with Crippen molar-refractivity contribution in [2.24, 2.45) is 5.73 Å². The number of halogens is 3. The van der Waals surface area contributed by atoms with Gasteiger partial charge in [-0.15, -0.1) is 0 Å². The van der Waals surface area contributed by atoms with E-state index in [0.29, 0.717) is 12.8 Å². The summed E-state index contributed by atoms with van der Waals surface area (Å²) >= 11 is 0. The normalized spacial score (nSPS) is 18.0. The Kier molecular flexibility index (Phi) is 3.06. The minimum Gasteiger partial charge on any atom is -0.324 e. The summed E-state index contributed by atoms with van der Waals surface area (Å²) in [6.07, 6.45) is -2.66. The van der Waals surface area contributed by atoms with Crippen LogP contribution >= 0.6 is 0 Å². The van der Waals surface area contributed by atoms with E-state index in [1.807, 2.05) is 0 Å². The van der Waals surface area contributed by atoms with Crippen LogP contribution in [0.2, 0.25) is 0 Å². The van der Waals surface area contributed by atoms with Gasteiger partial charge in [0, 0.05) is 0 Å². The van der Waals surface area contributed by atoms with Gasteiger partial charge < -0.3 is 11.1 Å². The lowest BCUT2D eigenvalue weighted by molar-refractivity contribution is -0.137. The monoisotopic (exact) mass is 258 g/mol. The van der Waals surface area contributed by atoms with E-state index in [4.69, 9.17) is 5.73 Å². The van der Waals surface area contributed by atoms with E-state index < -0.39 is 23.2 Å². The second-order valence-corrected chi connectivity index (χ2v) is 4.51. The van der Waals surface area contributed by atoms with Gasteiger partial charge in [-0.1, -0.05) is 12.1 Å². The lowest BCUT2D eigenvalue weighted by Crippen LogP contribution is -2.56. The summed E-state index contributed by atoms with van der Waals surface area (Å²) in [5.41, 5.74) is 3.64. The van der Waals surface area contributed by atoms with Crippen molar-refractivity contribution in [3.63, 3.8) is 0 Å². The van der Waals surface area contributed by atoms with Crippen molar-refractivity contribution in [3.05, 3.63) is 29.8 Å². The molecule has 1 aromatic carbocycles. The van der Waals surface area contributed by atoms with Gasteiger partial charge in [-0.25, -0.2) is 0 Å². The van der Waals surface area contributed by atoms with Gasteiger partial charge in [0.2, 0.25) is 5.91 Å². The largest absolute Gasteiger partial charge is 0.418 e. The molecule has 1 fully saturated rings. The fraction of sp³-hybridized carbons (Fsp3) is 0.417. The Morgan fingerprint density at radius 2 is 1.89 bits per heavy atom. The van der Waals surface area contributed by atoms with Crippen molar-refractivity contribution in [1.29, 1.82) is 0 Å². The van der Waals surface area contributed by atoms with Gasteiger partial charge in [0.25, 0.3) is 0 Å². The van der Waals surface area contributed by atoms with Crippen molar-refractivity contribution < 1.29 is 18.0 Å². The van der Waals surface area contributed by atoms with E-state index in [-0.39, 0.29) is 5.69 Å². The number of anilines is 1. The summed E-state index contributed by atoms with van der Waals surface area (Å²) in [6, 6.07) is 4.87. The molecule has 0 aliphatic heterocycles. The Labute approximate surface area is 102 Å². The van der Waals surface area contributed by atoms with Crippen LogP contribution in [0.1, 0.15) is 24.8 Å². The van der Waals surface area contributed by atoms with Gasteiger partial charge >= 0.3 is 6.18 Å². The summed E-state index contributed by atoms with van der Waals surface area (Å²) in [5.74, 6) is -0.551. The third kappa shape index (κ3) is 2.33. The van der Waals surface area contributed by atoms with Crippen LogP contribution in [0.3, 0.4) is 0 Å². The maximum atomic E-state index is 12.7. The summed E-state index contributed by atoms with van der Waals surface area (Å²) in [6.45, 7) is 0. The molecule has 6 heteroatoms. The zero-order valence-corrected chi connectivity index (χ0v) is 9.55. The number of benzene rings is 1. The van der Waals surface area contributed by atoms with Crippen molar-refractivity contribution in [2.45, 2.75) is 31.0 Å². The number of carbonyl (C=O) groups is 1. The van der Waals surface area contributed by atoms with E-state index in [1.165, 1.54) is 18.2 Å². The van der Waals surface area contributed by atoms with Crippen LogP contribution in [0.5, 0.6) is 0 Å². The quantitative estimate of drug-likeness (QED) is 0.856. The first-order valence-electron chi connectivity index (χ1n) is 5.59. The number of para-hydroxylation sites is 1. The second kappa shape index (κ2) is 4.28. The Morgan fingerprint density at radius 1 is 1.28 bits per heavy atom. The lowest BCUT2D eigenvalue weighted by Gasteiger charge is -2.36. The zero-order valence-electron chi connectivity index (χ0n) is 9.55. The van der Waals surface area contributed by atoms with Crippen molar-refractivity contribution in [3.8, 4) is 0 Å². The molecular formula is C12H13F3N2O. The highest BCUT2D eigenvalue weighted by Crippen LogP contribution is 2.36. The summed E-state index contributed by atoms with van der Waals surface area (Å²) in [7, 11) is 0. The van der Waals surface area contributed by atoms with Gasteiger partial charge in [0.05, 0.1) is 16.8 Å². The van der Waals surface area contributed by atoms with Gasteiger partial charge in [-0.2, -0.15) is 13.2 Å². The predicted octanol–water partition coefficient (Wildman–Crippen LogP) is 2.53. The van der Waals surface area contributed by atoms with Crippen LogP contribution in [0.4, 0.5) is 18.9 Å². The van der Waals surface area contributed by atoms with Crippen LogP contribution in [0.15, 0.2) is 24.3 Å². The van der Waals surface area contributed by atoms with Crippen LogP contribution in [-0.4, -0.2) is 11.4 Å². The average molecular weight is 258 g/mol. The molecule has 3 N–H and O–H groups in total. The Hall–Kier alpha value is -1.56. The number of alkyl halides is 3. The second-order valence-electron chi connectivity index (χ2n) is 4.51. The van der Waals surface area contributed by atoms with E-state index in [9.17, 15) is 18.0 Å². The molecule has 0 heterocycles. The summed E-state index contributed by atoms with van der Waals surface area (Å²) in [5, 5.41) is 2.28. The molecule has 3 nitrogen and oxygen atoms in total. The smallest absolute Gasteiger partial charge is 0.324 e. The zero-order chi connectivity index (χ0) is 13.4. The predicted molar refractivity (Wildman–Crippen MR) is 60.8 cm³/mol. The van der Waals surface area contributed by atoms with Crippen molar-refractivity contribution >= 4 is 11.6 Å². The minimum absolute atomic E-state index is 0.244. The Balaban J connectivity index is 2.22. The standard InChI is InChI=1S/C12H13F3N2O/c13-12(14,15)8-4-1-2-5-9(8)17-10(18)11(16)6-3-7-11/h1-2,4-5H,3,6-7,16H2,(H,17,18). The molecule has 98 valence electrons. The average Bonchev–Trinajstić information content (AvgIpc) is 2.25. The molecular weight excluding hydrogens is 245 g/mol. The highest BCUT2D eigenvalue weighted by Gasteiger charge is 2.41. The first kappa shape index (κ1) is 12.9. The van der Waals surface area contributed by atoms with Crippen molar-refractivity contribution in [1.82, 2.24) is 0 Å². The third-order valence-corrected chi connectivity index (χ3v) is 3.18. The third-order valence-electron chi connectivity index (χ3n) is 3.18. The molecule has 1 aliphatic rings. The number of amides is 1. The van der Waals surface area contributed by atoms with Gasteiger partial charge in [0.15, 0.2) is 0 Å². The van der Waals surface area contributed by atoms with Gasteiger partial charge in [-0.3, -0.25) is 4.79 Å². The van der Waals surface area contributed by atoms with E-state index >= 15 is 0 Å². The maximum absolute atomic E-state index is 12.7. The number of nitrogens with one attached hydrogen (secondary N) is 1. The first-order chi connectivity index (χ1) is 8.33.